The lowest BCUT2D eigenvalue weighted by Crippen LogP contribution is -2.39. The van der Waals surface area contributed by atoms with Gasteiger partial charge in [0, 0.05) is 43.4 Å². The highest BCUT2D eigenvalue weighted by atomic mass is 79.9. The molecule has 0 bridgehead atoms. The minimum Gasteiger partial charge on any atom is -0.480 e. The van der Waals surface area contributed by atoms with Crippen LogP contribution in [0, 0.1) is 0 Å². The van der Waals surface area contributed by atoms with E-state index < -0.39 is 6.10 Å². The van der Waals surface area contributed by atoms with Crippen LogP contribution in [0.4, 0.5) is 0 Å². The summed E-state index contributed by atoms with van der Waals surface area (Å²) in [7, 11) is 1.83. The van der Waals surface area contributed by atoms with Crippen LogP contribution < -0.4 is 4.74 Å². The molecule has 1 unspecified atom stereocenters. The third-order valence-electron chi connectivity index (χ3n) is 3.82. The summed E-state index contributed by atoms with van der Waals surface area (Å²) >= 11 is 3.45. The van der Waals surface area contributed by atoms with Gasteiger partial charge in [-0.05, 0) is 30.2 Å². The van der Waals surface area contributed by atoms with Crippen molar-refractivity contribution in [3.8, 4) is 5.75 Å². The Bertz CT molecular complexity index is 657. The van der Waals surface area contributed by atoms with E-state index in [1.807, 2.05) is 36.0 Å². The Kier molecular flexibility index (Phi) is 4.47. The molecule has 1 atom stereocenters. The average molecular weight is 364 g/mol. The van der Waals surface area contributed by atoms with Crippen molar-refractivity contribution in [3.63, 3.8) is 0 Å². The maximum absolute atomic E-state index is 12.5. The van der Waals surface area contributed by atoms with Gasteiger partial charge in [0.15, 0.2) is 6.10 Å². The van der Waals surface area contributed by atoms with E-state index in [0.29, 0.717) is 13.0 Å². The van der Waals surface area contributed by atoms with E-state index in [9.17, 15) is 4.79 Å². The Labute approximate surface area is 138 Å². The zero-order valence-electron chi connectivity index (χ0n) is 12.4. The molecule has 1 aromatic carbocycles. The first-order valence-electron chi connectivity index (χ1n) is 7.29. The number of imidazole rings is 1. The Hall–Kier alpha value is -1.82. The first kappa shape index (κ1) is 15.1. The topological polar surface area (TPSA) is 47.4 Å². The summed E-state index contributed by atoms with van der Waals surface area (Å²) in [6.07, 6.45) is 6.61. The van der Waals surface area contributed by atoms with Gasteiger partial charge in [0.25, 0.3) is 5.91 Å². The number of likely N-dealkylation sites (N-methyl/N-ethyl adjacent to an activating group) is 1. The lowest BCUT2D eigenvalue weighted by atomic mass is 10.1. The number of carbonyl (C=O) groups excluding carboxylic acids is 1. The number of hydrogen-bond donors (Lipinski definition) is 0. The SMILES string of the molecule is CN(CCCn1ccnc1)C(=O)C1Cc2cc(Br)ccc2O1. The number of carbonyl (C=O) groups is 1. The summed E-state index contributed by atoms with van der Waals surface area (Å²) in [6, 6.07) is 5.86. The zero-order chi connectivity index (χ0) is 15.5. The normalized spacial score (nSPS) is 16.2. The smallest absolute Gasteiger partial charge is 0.263 e. The number of nitrogens with zero attached hydrogens (tertiary/aromatic N) is 3. The van der Waals surface area contributed by atoms with Crippen LogP contribution in [-0.2, 0) is 17.8 Å². The molecule has 0 saturated carbocycles. The van der Waals surface area contributed by atoms with E-state index in [-0.39, 0.29) is 5.91 Å². The third-order valence-corrected chi connectivity index (χ3v) is 4.31. The zero-order valence-corrected chi connectivity index (χ0v) is 14.0. The van der Waals surface area contributed by atoms with Crippen molar-refractivity contribution in [3.05, 3.63) is 47.0 Å². The van der Waals surface area contributed by atoms with Crippen molar-refractivity contribution in [2.24, 2.45) is 0 Å². The second-order valence-electron chi connectivity index (χ2n) is 5.48. The number of fused-ring (bicyclic) bond motifs is 1. The number of rotatable bonds is 5. The summed E-state index contributed by atoms with van der Waals surface area (Å²) < 4.78 is 8.79. The highest BCUT2D eigenvalue weighted by molar-refractivity contribution is 9.10. The molecule has 0 radical (unpaired) electrons. The first-order valence-corrected chi connectivity index (χ1v) is 8.08. The molecular formula is C16H18BrN3O2. The standard InChI is InChI=1S/C16H18BrN3O2/c1-19(6-2-7-20-8-5-18-11-20)16(21)15-10-12-9-13(17)3-4-14(12)22-15/h3-5,8-9,11,15H,2,6-7,10H2,1H3. The molecular weight excluding hydrogens is 346 g/mol. The maximum atomic E-state index is 12.5. The summed E-state index contributed by atoms with van der Waals surface area (Å²) in [5, 5.41) is 0. The van der Waals surface area contributed by atoms with Gasteiger partial charge in [-0.3, -0.25) is 4.79 Å². The average Bonchev–Trinajstić information content (AvgIpc) is 3.14. The van der Waals surface area contributed by atoms with Gasteiger partial charge < -0.3 is 14.2 Å². The molecule has 1 aromatic heterocycles. The third kappa shape index (κ3) is 3.32. The fraction of sp³-hybridized carbons (Fsp3) is 0.375. The molecule has 0 aliphatic carbocycles. The molecule has 0 fully saturated rings. The van der Waals surface area contributed by atoms with Crippen molar-refractivity contribution in [2.45, 2.75) is 25.5 Å². The van der Waals surface area contributed by atoms with Crippen molar-refractivity contribution in [1.29, 1.82) is 0 Å². The molecule has 22 heavy (non-hydrogen) atoms. The first-order chi connectivity index (χ1) is 10.6. The molecule has 1 aliphatic rings. The van der Waals surface area contributed by atoms with Crippen LogP contribution in [0.1, 0.15) is 12.0 Å². The maximum Gasteiger partial charge on any atom is 0.263 e. The Morgan fingerprint density at radius 1 is 1.55 bits per heavy atom. The Morgan fingerprint density at radius 3 is 3.18 bits per heavy atom. The lowest BCUT2D eigenvalue weighted by molar-refractivity contribution is -0.136. The van der Waals surface area contributed by atoms with Crippen LogP contribution in [0.3, 0.4) is 0 Å². The van der Waals surface area contributed by atoms with Crippen LogP contribution >= 0.6 is 15.9 Å². The molecule has 116 valence electrons. The monoisotopic (exact) mass is 363 g/mol. The van der Waals surface area contributed by atoms with Gasteiger partial charge in [0.2, 0.25) is 0 Å². The molecule has 1 amide bonds. The van der Waals surface area contributed by atoms with E-state index in [4.69, 9.17) is 4.74 Å². The second-order valence-corrected chi connectivity index (χ2v) is 6.39. The second kappa shape index (κ2) is 6.52. The van der Waals surface area contributed by atoms with Gasteiger partial charge >= 0.3 is 0 Å². The van der Waals surface area contributed by atoms with Crippen molar-refractivity contribution in [2.75, 3.05) is 13.6 Å². The van der Waals surface area contributed by atoms with Crippen LogP contribution in [0.25, 0.3) is 0 Å². The minimum absolute atomic E-state index is 0.0398. The quantitative estimate of drug-likeness (QED) is 0.819. The summed E-state index contributed by atoms with van der Waals surface area (Å²) in [6.45, 7) is 1.56. The summed E-state index contributed by atoms with van der Waals surface area (Å²) in [4.78, 5) is 18.2. The van der Waals surface area contributed by atoms with Gasteiger partial charge in [-0.15, -0.1) is 0 Å². The summed E-state index contributed by atoms with van der Waals surface area (Å²) in [5.41, 5.74) is 1.08. The molecule has 0 N–H and O–H groups in total. The molecule has 3 rings (SSSR count). The number of halogens is 1. The van der Waals surface area contributed by atoms with Crippen LogP contribution in [-0.4, -0.2) is 40.1 Å². The fourth-order valence-electron chi connectivity index (χ4n) is 2.62. The van der Waals surface area contributed by atoms with E-state index in [0.717, 1.165) is 28.8 Å². The molecule has 0 spiro atoms. The van der Waals surface area contributed by atoms with Crippen LogP contribution in [0.2, 0.25) is 0 Å². The molecule has 0 saturated heterocycles. The lowest BCUT2D eigenvalue weighted by Gasteiger charge is -2.20. The molecule has 5 nitrogen and oxygen atoms in total. The number of ether oxygens (including phenoxy) is 1. The van der Waals surface area contributed by atoms with Crippen LogP contribution in [0.15, 0.2) is 41.4 Å². The van der Waals surface area contributed by atoms with Gasteiger partial charge in [0.1, 0.15) is 5.75 Å². The summed E-state index contributed by atoms with van der Waals surface area (Å²) in [5.74, 6) is 0.853. The van der Waals surface area contributed by atoms with Crippen LogP contribution in [0.5, 0.6) is 5.75 Å². The van der Waals surface area contributed by atoms with E-state index in [1.165, 1.54) is 0 Å². The van der Waals surface area contributed by atoms with E-state index in [1.54, 1.807) is 17.4 Å². The van der Waals surface area contributed by atoms with Crippen molar-refractivity contribution < 1.29 is 9.53 Å². The number of aromatic nitrogens is 2. The van der Waals surface area contributed by atoms with Gasteiger partial charge in [0.05, 0.1) is 6.33 Å². The predicted molar refractivity (Wildman–Crippen MR) is 86.7 cm³/mol. The number of benzene rings is 1. The largest absolute Gasteiger partial charge is 0.480 e. The van der Waals surface area contributed by atoms with E-state index in [2.05, 4.69) is 20.9 Å². The van der Waals surface area contributed by atoms with E-state index >= 15 is 0 Å². The number of aryl methyl sites for hydroxylation is 1. The number of amides is 1. The van der Waals surface area contributed by atoms with Gasteiger partial charge in [-0.25, -0.2) is 4.98 Å². The molecule has 2 aromatic rings. The van der Waals surface area contributed by atoms with Crippen molar-refractivity contribution in [1.82, 2.24) is 14.5 Å². The minimum atomic E-state index is -0.400. The highest BCUT2D eigenvalue weighted by Crippen LogP contribution is 2.31. The molecule has 1 aliphatic heterocycles. The number of hydrogen-bond acceptors (Lipinski definition) is 3. The predicted octanol–water partition coefficient (Wildman–Crippen LogP) is 2.50. The Morgan fingerprint density at radius 2 is 2.41 bits per heavy atom. The molecule has 6 heteroatoms. The molecule has 2 heterocycles. The Balaban J connectivity index is 1.51. The highest BCUT2D eigenvalue weighted by Gasteiger charge is 2.31. The fourth-order valence-corrected chi connectivity index (χ4v) is 3.03. The van der Waals surface area contributed by atoms with Gasteiger partial charge in [-0.1, -0.05) is 15.9 Å². The van der Waals surface area contributed by atoms with Gasteiger partial charge in [-0.2, -0.15) is 0 Å². The van der Waals surface area contributed by atoms with Crippen molar-refractivity contribution >= 4 is 21.8 Å².